The molecule has 0 aromatic heterocycles. The number of fused-ring (bicyclic) bond motifs is 4. The van der Waals surface area contributed by atoms with Crippen LogP contribution in [0.2, 0.25) is 0 Å². The van der Waals surface area contributed by atoms with E-state index < -0.39 is 0 Å². The van der Waals surface area contributed by atoms with Crippen molar-refractivity contribution in [2.24, 2.45) is 15.0 Å². The summed E-state index contributed by atoms with van der Waals surface area (Å²) in [6.07, 6.45) is 0. The second-order valence-electron chi connectivity index (χ2n) is 13.2. The average Bonchev–Trinajstić information content (AvgIpc) is 3.23. The second kappa shape index (κ2) is 14.0. The third-order valence-corrected chi connectivity index (χ3v) is 10.0. The van der Waals surface area contributed by atoms with Crippen LogP contribution in [0.4, 0.5) is 0 Å². The van der Waals surface area contributed by atoms with Crippen LogP contribution in [0.15, 0.2) is 203 Å². The van der Waals surface area contributed by atoms with Crippen molar-refractivity contribution in [1.29, 1.82) is 0 Å². The maximum atomic E-state index is 5.16. The monoisotopic (exact) mass is 677 g/mol. The van der Waals surface area contributed by atoms with E-state index in [1.807, 2.05) is 48.5 Å². The molecule has 0 radical (unpaired) electrons. The molecule has 0 N–H and O–H groups in total. The number of nitrogens with zero attached hydrogens (tertiary/aromatic N) is 3. The fraction of sp³-hybridized carbons (Fsp3) is 0.0200. The summed E-state index contributed by atoms with van der Waals surface area (Å²) >= 11 is 0. The highest BCUT2D eigenvalue weighted by Gasteiger charge is 2.20. The lowest BCUT2D eigenvalue weighted by Crippen LogP contribution is -2.06. The fourth-order valence-electron chi connectivity index (χ4n) is 7.53. The Morgan fingerprint density at radius 1 is 0.415 bits per heavy atom. The zero-order valence-corrected chi connectivity index (χ0v) is 29.2. The molecule has 3 nitrogen and oxygen atoms in total. The van der Waals surface area contributed by atoms with Gasteiger partial charge >= 0.3 is 0 Å². The predicted molar refractivity (Wildman–Crippen MR) is 227 cm³/mol. The Bertz CT molecular complexity index is 2860. The van der Waals surface area contributed by atoms with Crippen LogP contribution in [-0.4, -0.2) is 18.4 Å². The van der Waals surface area contributed by atoms with E-state index in [-0.39, 0.29) is 0 Å². The molecule has 0 aliphatic heterocycles. The summed E-state index contributed by atoms with van der Waals surface area (Å²) < 4.78 is 0. The highest BCUT2D eigenvalue weighted by molar-refractivity contribution is 6.25. The van der Waals surface area contributed by atoms with Gasteiger partial charge in [-0.05, 0) is 89.8 Å². The predicted octanol–water partition coefficient (Wildman–Crippen LogP) is 12.7. The van der Waals surface area contributed by atoms with Gasteiger partial charge in [0.25, 0.3) is 0 Å². The van der Waals surface area contributed by atoms with E-state index in [0.717, 1.165) is 22.1 Å². The summed E-state index contributed by atoms with van der Waals surface area (Å²) in [5.41, 5.74) is 7.67. The summed E-state index contributed by atoms with van der Waals surface area (Å²) in [5.74, 6) is 1.13. The van der Waals surface area contributed by atoms with Crippen LogP contribution in [0, 0.1) is 0 Å². The zero-order valence-electron chi connectivity index (χ0n) is 29.2. The van der Waals surface area contributed by atoms with E-state index in [1.54, 1.807) is 0 Å². The van der Waals surface area contributed by atoms with E-state index in [4.69, 9.17) is 9.98 Å². The maximum absolute atomic E-state index is 5.16. The van der Waals surface area contributed by atoms with E-state index >= 15 is 0 Å². The molecule has 0 saturated heterocycles. The molecule has 53 heavy (non-hydrogen) atoms. The smallest absolute Gasteiger partial charge is 0.161 e. The van der Waals surface area contributed by atoms with Crippen molar-refractivity contribution in [2.75, 3.05) is 0 Å². The van der Waals surface area contributed by atoms with Gasteiger partial charge in [0.2, 0.25) is 0 Å². The van der Waals surface area contributed by atoms with Crippen LogP contribution >= 0.6 is 0 Å². The average molecular weight is 678 g/mol. The summed E-state index contributed by atoms with van der Waals surface area (Å²) in [4.78, 5) is 14.7. The number of hydrogen-bond donors (Lipinski definition) is 0. The van der Waals surface area contributed by atoms with Gasteiger partial charge in [-0.15, -0.1) is 0 Å². The first-order chi connectivity index (χ1) is 26.2. The van der Waals surface area contributed by atoms with Crippen LogP contribution in [0.25, 0.3) is 65.3 Å². The first kappa shape index (κ1) is 32.0. The Morgan fingerprint density at radius 2 is 1.04 bits per heavy atom. The van der Waals surface area contributed by atoms with Crippen molar-refractivity contribution in [1.82, 2.24) is 0 Å². The van der Waals surface area contributed by atoms with Crippen LogP contribution in [0.5, 0.6) is 0 Å². The lowest BCUT2D eigenvalue weighted by Gasteiger charge is -2.20. The van der Waals surface area contributed by atoms with Crippen molar-refractivity contribution >= 4 is 61.5 Å². The highest BCUT2D eigenvalue weighted by Crippen LogP contribution is 2.46. The Labute approximate surface area is 309 Å². The minimum Gasteiger partial charge on any atom is -0.261 e. The molecule has 9 aromatic rings. The molecule has 0 saturated carbocycles. The lowest BCUT2D eigenvalue weighted by atomic mass is 9.84. The summed E-state index contributed by atoms with van der Waals surface area (Å²) in [6, 6.07) is 66.4. The van der Waals surface area contributed by atoms with Crippen molar-refractivity contribution in [3.8, 4) is 22.3 Å². The molecule has 9 rings (SSSR count). The maximum Gasteiger partial charge on any atom is 0.161 e. The van der Waals surface area contributed by atoms with Crippen LogP contribution in [-0.2, 0) is 6.54 Å². The van der Waals surface area contributed by atoms with Gasteiger partial charge in [-0.2, -0.15) is 0 Å². The Kier molecular flexibility index (Phi) is 8.43. The van der Waals surface area contributed by atoms with Gasteiger partial charge < -0.3 is 0 Å². The largest absolute Gasteiger partial charge is 0.261 e. The Hall–Kier alpha value is -6.97. The summed E-state index contributed by atoms with van der Waals surface area (Å²) in [6.45, 7) is 4.38. The van der Waals surface area contributed by atoms with Crippen LogP contribution < -0.4 is 0 Å². The molecule has 0 bridgehead atoms. The molecule has 0 aliphatic carbocycles. The van der Waals surface area contributed by atoms with Gasteiger partial charge in [-0.3, -0.25) is 4.99 Å². The first-order valence-electron chi connectivity index (χ1n) is 17.9. The molecule has 0 unspecified atom stereocenters. The topological polar surface area (TPSA) is 37.1 Å². The highest BCUT2D eigenvalue weighted by atomic mass is 15.0. The van der Waals surface area contributed by atoms with Crippen molar-refractivity contribution in [2.45, 2.75) is 6.54 Å². The third kappa shape index (κ3) is 6.09. The number of amidine groups is 2. The Balaban J connectivity index is 1.37. The standard InChI is InChI=1S/C50H35N3/c1-51-49(37-19-6-3-7-20-37)53-50(52-33-34-15-4-2-5-16-34)40-29-30-45-46(32-40)48(42-26-14-22-36-18-10-11-23-41(36)42)44-25-13-12-24-43(44)47(45)39-28-27-35-17-8-9-21-38(35)31-39/h2-32H,1,33H2. The normalized spacial score (nSPS) is 12.2. The molecule has 3 heteroatoms. The molecule has 0 atom stereocenters. The van der Waals surface area contributed by atoms with E-state index in [1.165, 1.54) is 60.0 Å². The van der Waals surface area contributed by atoms with E-state index in [0.29, 0.717) is 18.2 Å². The van der Waals surface area contributed by atoms with Gasteiger partial charge in [0.1, 0.15) is 0 Å². The second-order valence-corrected chi connectivity index (χ2v) is 13.2. The van der Waals surface area contributed by atoms with Crippen LogP contribution in [0.3, 0.4) is 0 Å². The van der Waals surface area contributed by atoms with E-state index in [2.05, 4.69) is 151 Å². The minimum atomic E-state index is 0.479. The van der Waals surface area contributed by atoms with Gasteiger partial charge in [0.15, 0.2) is 11.7 Å². The number of rotatable bonds is 6. The van der Waals surface area contributed by atoms with Gasteiger partial charge in [-0.25, -0.2) is 9.98 Å². The zero-order chi connectivity index (χ0) is 35.6. The molecule has 250 valence electrons. The lowest BCUT2D eigenvalue weighted by molar-refractivity contribution is 1.06. The van der Waals surface area contributed by atoms with Crippen molar-refractivity contribution < 1.29 is 0 Å². The van der Waals surface area contributed by atoms with Gasteiger partial charge in [0.05, 0.1) is 6.54 Å². The van der Waals surface area contributed by atoms with Gasteiger partial charge in [0, 0.05) is 11.1 Å². The molecule has 0 spiro atoms. The number of aliphatic imine (C=N–C) groups is 3. The first-order valence-corrected chi connectivity index (χ1v) is 17.9. The van der Waals surface area contributed by atoms with E-state index in [9.17, 15) is 0 Å². The van der Waals surface area contributed by atoms with Crippen molar-refractivity contribution in [3.05, 3.63) is 205 Å². The summed E-state index contributed by atoms with van der Waals surface area (Å²) in [7, 11) is 0. The molecule has 9 aromatic carbocycles. The molecule has 0 fully saturated rings. The quantitative estimate of drug-likeness (QED) is 0.0954. The number of hydrogen-bond acceptors (Lipinski definition) is 1. The van der Waals surface area contributed by atoms with Crippen LogP contribution in [0.1, 0.15) is 16.7 Å². The molecular formula is C50H35N3. The molecule has 0 heterocycles. The third-order valence-electron chi connectivity index (χ3n) is 10.0. The number of benzene rings is 9. The summed E-state index contributed by atoms with van der Waals surface area (Å²) in [5, 5.41) is 9.57. The molecule has 0 amide bonds. The molecular weight excluding hydrogens is 643 g/mol. The fourth-order valence-corrected chi connectivity index (χ4v) is 7.53. The SMILES string of the molecule is C=NC(=NC(=NCc1ccccc1)c1ccc2c(-c3ccc4ccccc4c3)c3ccccc3c(-c3cccc4ccccc34)c2c1)c1ccccc1. The Morgan fingerprint density at radius 3 is 1.81 bits per heavy atom. The molecule has 0 aliphatic rings. The van der Waals surface area contributed by atoms with Gasteiger partial charge in [-0.1, -0.05) is 176 Å². The van der Waals surface area contributed by atoms with Crippen molar-refractivity contribution in [3.63, 3.8) is 0 Å². The minimum absolute atomic E-state index is 0.479.